The van der Waals surface area contributed by atoms with E-state index in [1.165, 1.54) is 11.3 Å². The molecule has 0 aliphatic carbocycles. The van der Waals surface area contributed by atoms with Gasteiger partial charge in [0.1, 0.15) is 0 Å². The monoisotopic (exact) mass is 357 g/mol. The van der Waals surface area contributed by atoms with Crippen LogP contribution in [-0.2, 0) is 4.79 Å². The minimum Gasteiger partial charge on any atom is -0.335 e. The number of hydrogen-bond donors (Lipinski definition) is 1. The molecular formula is C19H23N3O2S. The Morgan fingerprint density at radius 2 is 1.72 bits per heavy atom. The molecule has 2 amide bonds. The van der Waals surface area contributed by atoms with Gasteiger partial charge in [0.2, 0.25) is 5.91 Å². The Morgan fingerprint density at radius 1 is 1.04 bits per heavy atom. The highest BCUT2D eigenvalue weighted by molar-refractivity contribution is 7.12. The number of carbonyl (C=O) groups is 2. The highest BCUT2D eigenvalue weighted by atomic mass is 32.1. The molecular weight excluding hydrogens is 334 g/mol. The third kappa shape index (κ3) is 4.27. The number of carbonyl (C=O) groups excluding carboxylic acids is 2. The zero-order valence-electron chi connectivity index (χ0n) is 14.6. The van der Waals surface area contributed by atoms with Crippen molar-refractivity contribution in [1.29, 1.82) is 0 Å². The lowest BCUT2D eigenvalue weighted by Gasteiger charge is -2.34. The Labute approximate surface area is 152 Å². The molecule has 1 N–H and O–H groups in total. The molecule has 25 heavy (non-hydrogen) atoms. The Morgan fingerprint density at radius 3 is 2.32 bits per heavy atom. The van der Waals surface area contributed by atoms with Crippen molar-refractivity contribution in [3.8, 4) is 0 Å². The standard InChI is InChI=1S/C19H23N3O2S/c1-14-5-3-6-15(2)18(14)20-17(23)13-21-8-10-22(11-9-21)19(24)16-7-4-12-25-16/h3-7,12H,8-11,13H2,1-2H3,(H,20,23). The number of amides is 2. The Hall–Kier alpha value is -2.18. The second kappa shape index (κ2) is 7.80. The molecule has 1 fully saturated rings. The summed E-state index contributed by atoms with van der Waals surface area (Å²) < 4.78 is 0. The topological polar surface area (TPSA) is 52.7 Å². The van der Waals surface area contributed by atoms with E-state index in [1.54, 1.807) is 0 Å². The molecule has 2 heterocycles. The van der Waals surface area contributed by atoms with Crippen molar-refractivity contribution in [2.45, 2.75) is 13.8 Å². The number of para-hydroxylation sites is 1. The lowest BCUT2D eigenvalue weighted by Crippen LogP contribution is -2.50. The van der Waals surface area contributed by atoms with Crippen LogP contribution in [0.3, 0.4) is 0 Å². The van der Waals surface area contributed by atoms with E-state index in [0.29, 0.717) is 19.6 Å². The number of anilines is 1. The van der Waals surface area contributed by atoms with Gasteiger partial charge in [-0.15, -0.1) is 11.3 Å². The zero-order valence-corrected chi connectivity index (χ0v) is 15.4. The van der Waals surface area contributed by atoms with E-state index < -0.39 is 0 Å². The predicted molar refractivity (Wildman–Crippen MR) is 101 cm³/mol. The van der Waals surface area contributed by atoms with Crippen molar-refractivity contribution < 1.29 is 9.59 Å². The van der Waals surface area contributed by atoms with Gasteiger partial charge in [0.15, 0.2) is 0 Å². The van der Waals surface area contributed by atoms with Gasteiger partial charge < -0.3 is 10.2 Å². The Balaban J connectivity index is 1.50. The number of hydrogen-bond acceptors (Lipinski definition) is 4. The van der Waals surface area contributed by atoms with E-state index in [9.17, 15) is 9.59 Å². The molecule has 0 saturated carbocycles. The molecule has 0 radical (unpaired) electrons. The van der Waals surface area contributed by atoms with Gasteiger partial charge >= 0.3 is 0 Å². The van der Waals surface area contributed by atoms with Crippen LogP contribution in [0, 0.1) is 13.8 Å². The highest BCUT2D eigenvalue weighted by Gasteiger charge is 2.23. The lowest BCUT2D eigenvalue weighted by atomic mass is 10.1. The molecule has 1 aromatic heterocycles. The van der Waals surface area contributed by atoms with E-state index in [4.69, 9.17) is 0 Å². The second-order valence-corrected chi connectivity index (χ2v) is 7.31. The number of piperazine rings is 1. The smallest absolute Gasteiger partial charge is 0.264 e. The predicted octanol–water partition coefficient (Wildman–Crippen LogP) is 2.76. The minimum atomic E-state index is -0.00423. The van der Waals surface area contributed by atoms with Gasteiger partial charge in [-0.3, -0.25) is 14.5 Å². The molecule has 1 saturated heterocycles. The van der Waals surface area contributed by atoms with Crippen molar-refractivity contribution in [2.24, 2.45) is 0 Å². The largest absolute Gasteiger partial charge is 0.335 e. The van der Waals surface area contributed by atoms with Crippen molar-refractivity contribution >= 4 is 28.8 Å². The van der Waals surface area contributed by atoms with Crippen molar-refractivity contribution in [3.05, 3.63) is 51.7 Å². The number of benzene rings is 1. The van der Waals surface area contributed by atoms with Gasteiger partial charge in [0.25, 0.3) is 5.91 Å². The van der Waals surface area contributed by atoms with Crippen LogP contribution >= 0.6 is 11.3 Å². The van der Waals surface area contributed by atoms with Crippen LogP contribution in [0.1, 0.15) is 20.8 Å². The van der Waals surface area contributed by atoms with Crippen LogP contribution in [0.15, 0.2) is 35.7 Å². The number of thiophene rings is 1. The molecule has 3 rings (SSSR count). The summed E-state index contributed by atoms with van der Waals surface area (Å²) in [6.07, 6.45) is 0. The van der Waals surface area contributed by atoms with E-state index >= 15 is 0 Å². The van der Waals surface area contributed by atoms with Gasteiger partial charge in [0.05, 0.1) is 11.4 Å². The fourth-order valence-corrected chi connectivity index (χ4v) is 3.75. The summed E-state index contributed by atoms with van der Waals surface area (Å²) >= 11 is 1.47. The minimum absolute atomic E-state index is 0.00423. The summed E-state index contributed by atoms with van der Waals surface area (Å²) in [5, 5.41) is 4.94. The summed E-state index contributed by atoms with van der Waals surface area (Å²) in [6.45, 7) is 7.11. The first-order valence-electron chi connectivity index (χ1n) is 8.46. The molecule has 132 valence electrons. The van der Waals surface area contributed by atoms with Crippen LogP contribution in [0.5, 0.6) is 0 Å². The molecule has 6 heteroatoms. The van der Waals surface area contributed by atoms with Crippen molar-refractivity contribution in [2.75, 3.05) is 38.0 Å². The van der Waals surface area contributed by atoms with Crippen LogP contribution in [0.25, 0.3) is 0 Å². The molecule has 1 aliphatic rings. The van der Waals surface area contributed by atoms with Crippen LogP contribution in [-0.4, -0.2) is 54.3 Å². The fraction of sp³-hybridized carbons (Fsp3) is 0.368. The lowest BCUT2D eigenvalue weighted by molar-refractivity contribution is -0.117. The number of rotatable bonds is 4. The quantitative estimate of drug-likeness (QED) is 0.915. The van der Waals surface area contributed by atoms with Gasteiger partial charge in [0, 0.05) is 31.9 Å². The molecule has 1 aliphatic heterocycles. The van der Waals surface area contributed by atoms with Crippen molar-refractivity contribution in [3.63, 3.8) is 0 Å². The first-order chi connectivity index (χ1) is 12.0. The number of nitrogens with one attached hydrogen (secondary N) is 1. The van der Waals surface area contributed by atoms with Gasteiger partial charge in [-0.25, -0.2) is 0 Å². The van der Waals surface area contributed by atoms with Gasteiger partial charge in [-0.2, -0.15) is 0 Å². The van der Waals surface area contributed by atoms with Crippen LogP contribution in [0.2, 0.25) is 0 Å². The maximum atomic E-state index is 12.4. The summed E-state index contributed by atoms with van der Waals surface area (Å²) in [5.41, 5.74) is 3.04. The van der Waals surface area contributed by atoms with Crippen molar-refractivity contribution in [1.82, 2.24) is 9.80 Å². The summed E-state index contributed by atoms with van der Waals surface area (Å²) in [6, 6.07) is 9.74. The molecule has 2 aromatic rings. The third-order valence-electron chi connectivity index (χ3n) is 4.50. The maximum absolute atomic E-state index is 12.4. The highest BCUT2D eigenvalue weighted by Crippen LogP contribution is 2.19. The van der Waals surface area contributed by atoms with Crippen LogP contribution in [0.4, 0.5) is 5.69 Å². The average Bonchev–Trinajstić information content (AvgIpc) is 3.13. The first-order valence-corrected chi connectivity index (χ1v) is 9.34. The van der Waals surface area contributed by atoms with Gasteiger partial charge in [-0.05, 0) is 36.4 Å². The summed E-state index contributed by atoms with van der Waals surface area (Å²) in [7, 11) is 0. The first kappa shape index (κ1) is 17.6. The maximum Gasteiger partial charge on any atom is 0.264 e. The van der Waals surface area contributed by atoms with E-state index in [1.807, 2.05) is 54.5 Å². The SMILES string of the molecule is Cc1cccc(C)c1NC(=O)CN1CCN(C(=O)c2cccs2)CC1. The normalized spacial score (nSPS) is 15.2. The molecule has 0 atom stereocenters. The third-order valence-corrected chi connectivity index (χ3v) is 5.36. The van der Waals surface area contributed by atoms with E-state index in [-0.39, 0.29) is 11.8 Å². The summed E-state index contributed by atoms with van der Waals surface area (Å²) in [5.74, 6) is 0.0880. The molecule has 5 nitrogen and oxygen atoms in total. The van der Waals surface area contributed by atoms with E-state index in [2.05, 4.69) is 10.2 Å². The van der Waals surface area contributed by atoms with Crippen LogP contribution < -0.4 is 5.32 Å². The molecule has 0 unspecified atom stereocenters. The number of aryl methyl sites for hydroxylation is 2. The fourth-order valence-electron chi connectivity index (χ4n) is 3.06. The van der Waals surface area contributed by atoms with Gasteiger partial charge in [-0.1, -0.05) is 24.3 Å². The Bertz CT molecular complexity index is 730. The molecule has 0 bridgehead atoms. The second-order valence-electron chi connectivity index (χ2n) is 6.36. The molecule has 1 aromatic carbocycles. The number of nitrogens with zero attached hydrogens (tertiary/aromatic N) is 2. The average molecular weight is 357 g/mol. The zero-order chi connectivity index (χ0) is 17.8. The van der Waals surface area contributed by atoms with E-state index in [0.717, 1.165) is 34.8 Å². The Kier molecular flexibility index (Phi) is 5.50. The molecule has 0 spiro atoms. The summed E-state index contributed by atoms with van der Waals surface area (Å²) in [4.78, 5) is 29.4.